The minimum atomic E-state index is -0.491. The molecule has 5 nitrogen and oxygen atoms in total. The second-order valence-corrected chi connectivity index (χ2v) is 8.13. The number of nitrogens with zero attached hydrogens (tertiary/aromatic N) is 1. The highest BCUT2D eigenvalue weighted by atomic mass is 35.5. The Balaban J connectivity index is 1.29. The van der Waals surface area contributed by atoms with Crippen LogP contribution in [0.5, 0.6) is 0 Å². The predicted molar refractivity (Wildman–Crippen MR) is 107 cm³/mol. The van der Waals surface area contributed by atoms with E-state index >= 15 is 0 Å². The molecule has 146 valence electrons. The molecule has 1 saturated heterocycles. The molecule has 0 spiro atoms. The number of hydrogen-bond acceptors (Lipinski definition) is 4. The van der Waals surface area contributed by atoms with E-state index in [1.165, 1.54) is 4.90 Å². The molecule has 0 N–H and O–H groups in total. The summed E-state index contributed by atoms with van der Waals surface area (Å²) >= 11 is 6.07. The van der Waals surface area contributed by atoms with Crippen molar-refractivity contribution in [2.75, 3.05) is 4.90 Å². The summed E-state index contributed by atoms with van der Waals surface area (Å²) in [5.74, 6) is -0.891. The Hall–Kier alpha value is -2.92. The molecule has 29 heavy (non-hydrogen) atoms. The van der Waals surface area contributed by atoms with Crippen molar-refractivity contribution >= 4 is 35.1 Å². The molecular weight excluding hydrogens is 390 g/mol. The molecule has 0 radical (unpaired) electrons. The number of halogens is 1. The van der Waals surface area contributed by atoms with E-state index in [4.69, 9.17) is 16.3 Å². The van der Waals surface area contributed by atoms with Crippen LogP contribution in [-0.2, 0) is 20.9 Å². The van der Waals surface area contributed by atoms with Crippen LogP contribution in [-0.4, -0.2) is 17.8 Å². The van der Waals surface area contributed by atoms with Gasteiger partial charge in [0.2, 0.25) is 11.8 Å². The summed E-state index contributed by atoms with van der Waals surface area (Å²) in [6.45, 7) is 0.0719. The summed E-state index contributed by atoms with van der Waals surface area (Å²) < 4.78 is 5.32. The highest BCUT2D eigenvalue weighted by Gasteiger charge is 2.59. The third-order valence-electron chi connectivity index (χ3n) is 6.15. The number of imide groups is 1. The minimum absolute atomic E-state index is 0.0719. The maximum absolute atomic E-state index is 12.9. The van der Waals surface area contributed by atoms with E-state index in [9.17, 15) is 14.4 Å². The molecule has 2 bridgehead atoms. The minimum Gasteiger partial charge on any atom is -0.457 e. The second-order valence-electron chi connectivity index (χ2n) is 7.73. The van der Waals surface area contributed by atoms with Crippen LogP contribution in [0.25, 0.3) is 0 Å². The van der Waals surface area contributed by atoms with Gasteiger partial charge in [0.1, 0.15) is 6.61 Å². The maximum atomic E-state index is 12.9. The second kappa shape index (κ2) is 6.85. The van der Waals surface area contributed by atoms with Gasteiger partial charge in [-0.15, -0.1) is 0 Å². The van der Waals surface area contributed by atoms with Crippen LogP contribution in [0.15, 0.2) is 60.7 Å². The summed E-state index contributed by atoms with van der Waals surface area (Å²) in [7, 11) is 0. The van der Waals surface area contributed by atoms with Crippen LogP contribution < -0.4 is 4.90 Å². The molecular formula is C23H18ClNO4. The van der Waals surface area contributed by atoms with Crippen molar-refractivity contribution in [3.8, 4) is 0 Å². The zero-order valence-electron chi connectivity index (χ0n) is 15.5. The van der Waals surface area contributed by atoms with E-state index in [0.29, 0.717) is 16.3 Å². The Bertz CT molecular complexity index is 1020. The number of rotatable bonds is 4. The zero-order chi connectivity index (χ0) is 20.1. The molecule has 1 heterocycles. The molecule has 1 aliphatic heterocycles. The molecule has 2 fully saturated rings. The summed E-state index contributed by atoms with van der Waals surface area (Å²) in [6.07, 6.45) is 5.04. The van der Waals surface area contributed by atoms with E-state index in [-0.39, 0.29) is 42.1 Å². The lowest BCUT2D eigenvalue weighted by Gasteiger charge is -2.17. The van der Waals surface area contributed by atoms with Gasteiger partial charge < -0.3 is 4.74 Å². The standard InChI is InChI=1S/C23H18ClNO4/c24-18-4-2-1-3-16(18)12-29-23(28)13-7-9-17(10-8-13)25-21(26)19-14-5-6-15(11-14)20(19)22(25)27/h1-10,14-15,19-20H,11-12H2/t14-,15-,19-,20-/m0/s1. The van der Waals surface area contributed by atoms with Crippen LogP contribution >= 0.6 is 11.6 Å². The molecule has 5 rings (SSSR count). The smallest absolute Gasteiger partial charge is 0.338 e. The monoisotopic (exact) mass is 407 g/mol. The first-order valence-corrected chi connectivity index (χ1v) is 9.99. The number of anilines is 1. The number of amides is 2. The van der Waals surface area contributed by atoms with E-state index in [1.807, 2.05) is 12.1 Å². The first kappa shape index (κ1) is 18.1. The van der Waals surface area contributed by atoms with Gasteiger partial charge in [0.25, 0.3) is 0 Å². The molecule has 6 heteroatoms. The summed E-state index contributed by atoms with van der Waals surface area (Å²) in [5.41, 5.74) is 1.57. The Morgan fingerprint density at radius 2 is 1.59 bits per heavy atom. The highest BCUT2D eigenvalue weighted by molar-refractivity contribution is 6.31. The van der Waals surface area contributed by atoms with Crippen LogP contribution in [0.3, 0.4) is 0 Å². The lowest BCUT2D eigenvalue weighted by molar-refractivity contribution is -0.123. The number of ether oxygens (including phenoxy) is 1. The topological polar surface area (TPSA) is 63.7 Å². The quantitative estimate of drug-likeness (QED) is 0.436. The first-order chi connectivity index (χ1) is 14.0. The highest BCUT2D eigenvalue weighted by Crippen LogP contribution is 2.53. The third kappa shape index (κ3) is 2.88. The summed E-state index contributed by atoms with van der Waals surface area (Å²) in [5, 5.41) is 0.538. The predicted octanol–water partition coefficient (Wildman–Crippen LogP) is 4.01. The van der Waals surface area contributed by atoms with Gasteiger partial charge in [0.15, 0.2) is 0 Å². The Morgan fingerprint density at radius 1 is 0.966 bits per heavy atom. The van der Waals surface area contributed by atoms with Gasteiger partial charge in [-0.1, -0.05) is 42.0 Å². The fraction of sp³-hybridized carbons (Fsp3) is 0.261. The first-order valence-electron chi connectivity index (χ1n) is 9.61. The van der Waals surface area contributed by atoms with Gasteiger partial charge in [-0.3, -0.25) is 14.5 Å². The molecule has 1 saturated carbocycles. The van der Waals surface area contributed by atoms with Gasteiger partial charge in [0, 0.05) is 10.6 Å². The van der Waals surface area contributed by atoms with Crippen molar-refractivity contribution in [1.82, 2.24) is 0 Å². The average Bonchev–Trinajstić information content (AvgIpc) is 3.41. The van der Waals surface area contributed by atoms with Crippen LogP contribution in [0, 0.1) is 23.7 Å². The lowest BCUT2D eigenvalue weighted by Crippen LogP contribution is -2.32. The van der Waals surface area contributed by atoms with Gasteiger partial charge in [0.05, 0.1) is 23.1 Å². The SMILES string of the molecule is O=C(OCc1ccccc1Cl)c1ccc(N2C(=O)[C@@H]3[C@@H](C2=O)[C@H]2C=C[C@H]3C2)cc1. The maximum Gasteiger partial charge on any atom is 0.338 e. The van der Waals surface area contributed by atoms with Gasteiger partial charge in [-0.05, 0) is 48.6 Å². The number of hydrogen-bond donors (Lipinski definition) is 0. The van der Waals surface area contributed by atoms with E-state index in [1.54, 1.807) is 36.4 Å². The van der Waals surface area contributed by atoms with Crippen LogP contribution in [0.4, 0.5) is 5.69 Å². The normalized spacial score (nSPS) is 26.9. The fourth-order valence-corrected chi connectivity index (χ4v) is 4.94. The van der Waals surface area contributed by atoms with Crippen molar-refractivity contribution in [1.29, 1.82) is 0 Å². The summed E-state index contributed by atoms with van der Waals surface area (Å²) in [4.78, 5) is 39.3. The number of carbonyl (C=O) groups excluding carboxylic acids is 3. The number of fused-ring (bicyclic) bond motifs is 5. The lowest BCUT2D eigenvalue weighted by atomic mass is 9.85. The average molecular weight is 408 g/mol. The summed E-state index contributed by atoms with van der Waals surface area (Å²) in [6, 6.07) is 13.6. The van der Waals surface area contributed by atoms with Gasteiger partial charge >= 0.3 is 5.97 Å². The van der Waals surface area contributed by atoms with E-state index in [2.05, 4.69) is 12.2 Å². The molecule has 2 aromatic rings. The van der Waals surface area contributed by atoms with Crippen molar-refractivity contribution in [2.45, 2.75) is 13.0 Å². The number of allylic oxidation sites excluding steroid dienone is 2. The van der Waals surface area contributed by atoms with Crippen LogP contribution in [0.1, 0.15) is 22.3 Å². The molecule has 0 unspecified atom stereocenters. The van der Waals surface area contributed by atoms with Gasteiger partial charge in [-0.25, -0.2) is 4.79 Å². The third-order valence-corrected chi connectivity index (χ3v) is 6.52. The largest absolute Gasteiger partial charge is 0.457 e. The molecule has 4 atom stereocenters. The Labute approximate surface area is 172 Å². The van der Waals surface area contributed by atoms with Crippen molar-refractivity contribution in [3.63, 3.8) is 0 Å². The van der Waals surface area contributed by atoms with Crippen molar-refractivity contribution in [2.24, 2.45) is 23.7 Å². The number of carbonyl (C=O) groups is 3. The molecule has 2 amide bonds. The zero-order valence-corrected chi connectivity index (χ0v) is 16.2. The molecule has 2 aliphatic carbocycles. The van der Waals surface area contributed by atoms with Crippen molar-refractivity contribution < 1.29 is 19.1 Å². The molecule has 2 aromatic carbocycles. The number of benzene rings is 2. The van der Waals surface area contributed by atoms with Crippen LogP contribution in [0.2, 0.25) is 5.02 Å². The van der Waals surface area contributed by atoms with E-state index < -0.39 is 5.97 Å². The number of esters is 1. The fourth-order valence-electron chi connectivity index (χ4n) is 4.75. The molecule has 3 aliphatic rings. The van der Waals surface area contributed by atoms with Crippen molar-refractivity contribution in [3.05, 3.63) is 76.8 Å². The van der Waals surface area contributed by atoms with E-state index in [0.717, 1.165) is 12.0 Å². The Kier molecular flexibility index (Phi) is 4.28. The Morgan fingerprint density at radius 3 is 2.21 bits per heavy atom. The van der Waals surface area contributed by atoms with Gasteiger partial charge in [-0.2, -0.15) is 0 Å². The molecule has 0 aromatic heterocycles.